The molecular weight excluding hydrogens is 272 g/mol. The van der Waals surface area contributed by atoms with E-state index in [0.717, 1.165) is 13.0 Å². The molecule has 122 valence electrons. The van der Waals surface area contributed by atoms with Gasteiger partial charge in [0.05, 0.1) is 6.61 Å². The maximum atomic E-state index is 11.9. The fourth-order valence-electron chi connectivity index (χ4n) is 2.53. The van der Waals surface area contributed by atoms with Crippen LogP contribution in [0.2, 0.25) is 0 Å². The zero-order valence-corrected chi connectivity index (χ0v) is 13.3. The molecule has 21 heavy (non-hydrogen) atoms. The van der Waals surface area contributed by atoms with Gasteiger partial charge in [-0.3, -0.25) is 9.59 Å². The highest BCUT2D eigenvalue weighted by molar-refractivity contribution is 5.81. The van der Waals surface area contributed by atoms with Crippen molar-refractivity contribution in [3.05, 3.63) is 0 Å². The van der Waals surface area contributed by atoms with Crippen molar-refractivity contribution in [3.63, 3.8) is 0 Å². The lowest BCUT2D eigenvalue weighted by atomic mass is 9.76. The molecule has 1 heterocycles. The van der Waals surface area contributed by atoms with Crippen LogP contribution in [0.1, 0.15) is 40.0 Å². The highest BCUT2D eigenvalue weighted by Gasteiger charge is 2.26. The Bertz CT molecular complexity index is 346. The standard InChI is InChI=1S/C15H28N2O4/c1-15(2,3)11(4-5-13(18)19)6-7-17-14(20)12-10-16-8-9-21-12/h11-12,16H,4-10H2,1-3H3,(H,17,20)(H,18,19). The Hall–Kier alpha value is -1.14. The lowest BCUT2D eigenvalue weighted by Gasteiger charge is -2.31. The summed E-state index contributed by atoms with van der Waals surface area (Å²) in [5, 5.41) is 14.8. The van der Waals surface area contributed by atoms with Crippen LogP contribution in [0.4, 0.5) is 0 Å². The van der Waals surface area contributed by atoms with Crippen molar-refractivity contribution in [2.75, 3.05) is 26.2 Å². The van der Waals surface area contributed by atoms with Gasteiger partial charge < -0.3 is 20.5 Å². The molecule has 1 fully saturated rings. The van der Waals surface area contributed by atoms with Gasteiger partial charge in [-0.1, -0.05) is 20.8 Å². The van der Waals surface area contributed by atoms with Crippen LogP contribution in [-0.2, 0) is 14.3 Å². The molecule has 0 aromatic rings. The summed E-state index contributed by atoms with van der Waals surface area (Å²) in [4.78, 5) is 22.7. The van der Waals surface area contributed by atoms with Gasteiger partial charge >= 0.3 is 5.97 Å². The largest absolute Gasteiger partial charge is 0.481 e. The van der Waals surface area contributed by atoms with Crippen LogP contribution < -0.4 is 10.6 Å². The maximum Gasteiger partial charge on any atom is 0.303 e. The Kier molecular flexibility index (Phi) is 7.11. The molecule has 6 heteroatoms. The summed E-state index contributed by atoms with van der Waals surface area (Å²) in [7, 11) is 0. The first-order chi connectivity index (χ1) is 9.80. The van der Waals surface area contributed by atoms with E-state index >= 15 is 0 Å². The van der Waals surface area contributed by atoms with Crippen LogP contribution in [0.5, 0.6) is 0 Å². The Morgan fingerprint density at radius 2 is 2.10 bits per heavy atom. The van der Waals surface area contributed by atoms with E-state index in [1.165, 1.54) is 0 Å². The van der Waals surface area contributed by atoms with Crippen molar-refractivity contribution in [2.24, 2.45) is 11.3 Å². The van der Waals surface area contributed by atoms with Gasteiger partial charge in [-0.25, -0.2) is 0 Å². The van der Waals surface area contributed by atoms with Crippen LogP contribution in [0, 0.1) is 11.3 Å². The molecule has 0 aliphatic carbocycles. The van der Waals surface area contributed by atoms with E-state index in [2.05, 4.69) is 31.4 Å². The Morgan fingerprint density at radius 3 is 2.62 bits per heavy atom. The number of morpholine rings is 1. The molecule has 6 nitrogen and oxygen atoms in total. The summed E-state index contributed by atoms with van der Waals surface area (Å²) in [5.41, 5.74) is 0.0308. The third-order valence-corrected chi connectivity index (χ3v) is 3.94. The quantitative estimate of drug-likeness (QED) is 0.653. The van der Waals surface area contributed by atoms with Crippen molar-refractivity contribution in [1.29, 1.82) is 0 Å². The Morgan fingerprint density at radius 1 is 1.38 bits per heavy atom. The molecule has 0 spiro atoms. The molecule has 2 unspecified atom stereocenters. The van der Waals surface area contributed by atoms with Gasteiger partial charge in [0.25, 0.3) is 0 Å². The second kappa shape index (κ2) is 8.34. The summed E-state index contributed by atoms with van der Waals surface area (Å²) < 4.78 is 5.39. The first-order valence-corrected chi connectivity index (χ1v) is 7.62. The van der Waals surface area contributed by atoms with Crippen LogP contribution >= 0.6 is 0 Å². The number of carbonyl (C=O) groups excluding carboxylic acids is 1. The van der Waals surface area contributed by atoms with Crippen LogP contribution in [0.3, 0.4) is 0 Å². The number of ether oxygens (including phenoxy) is 1. The van der Waals surface area contributed by atoms with E-state index in [9.17, 15) is 9.59 Å². The topological polar surface area (TPSA) is 87.7 Å². The van der Waals surface area contributed by atoms with Crippen molar-refractivity contribution < 1.29 is 19.4 Å². The highest BCUT2D eigenvalue weighted by atomic mass is 16.5. The normalized spacial score (nSPS) is 20.8. The van der Waals surface area contributed by atoms with Crippen LogP contribution in [0.25, 0.3) is 0 Å². The smallest absolute Gasteiger partial charge is 0.303 e. The van der Waals surface area contributed by atoms with Crippen molar-refractivity contribution >= 4 is 11.9 Å². The lowest BCUT2D eigenvalue weighted by Crippen LogP contribution is -2.48. The van der Waals surface area contributed by atoms with Gasteiger partial charge in [-0.2, -0.15) is 0 Å². The van der Waals surface area contributed by atoms with E-state index in [1.807, 2.05) is 0 Å². The predicted molar refractivity (Wildman–Crippen MR) is 80.1 cm³/mol. The predicted octanol–water partition coefficient (Wildman–Crippen LogP) is 1.01. The van der Waals surface area contributed by atoms with E-state index in [1.54, 1.807) is 0 Å². The lowest BCUT2D eigenvalue weighted by molar-refractivity contribution is -0.137. The molecule has 1 aliphatic rings. The highest BCUT2D eigenvalue weighted by Crippen LogP contribution is 2.32. The number of rotatable bonds is 7. The summed E-state index contributed by atoms with van der Waals surface area (Å²) >= 11 is 0. The van der Waals surface area contributed by atoms with E-state index < -0.39 is 12.1 Å². The fourth-order valence-corrected chi connectivity index (χ4v) is 2.53. The number of carboxylic acid groups (broad SMARTS) is 1. The summed E-state index contributed by atoms with van der Waals surface area (Å²) in [5.74, 6) is -0.595. The zero-order chi connectivity index (χ0) is 15.9. The average molecular weight is 300 g/mol. The average Bonchev–Trinajstić information content (AvgIpc) is 2.41. The van der Waals surface area contributed by atoms with Crippen LogP contribution in [0.15, 0.2) is 0 Å². The summed E-state index contributed by atoms with van der Waals surface area (Å²) in [6.07, 6.45) is 1.18. The number of nitrogens with one attached hydrogen (secondary N) is 2. The molecule has 1 aliphatic heterocycles. The first kappa shape index (κ1) is 17.9. The SMILES string of the molecule is CC(C)(C)C(CCNC(=O)C1CNCCO1)CCC(=O)O. The minimum absolute atomic E-state index is 0.0308. The monoisotopic (exact) mass is 300 g/mol. The molecule has 0 saturated carbocycles. The number of carbonyl (C=O) groups is 2. The number of aliphatic carboxylic acids is 1. The second-order valence-corrected chi connectivity index (χ2v) is 6.64. The third-order valence-electron chi connectivity index (χ3n) is 3.94. The van der Waals surface area contributed by atoms with Crippen molar-refractivity contribution in [2.45, 2.75) is 46.1 Å². The molecule has 1 rings (SSSR count). The number of carboxylic acids is 1. The van der Waals surface area contributed by atoms with E-state index in [4.69, 9.17) is 9.84 Å². The van der Waals surface area contributed by atoms with Gasteiger partial charge in [-0.05, 0) is 24.2 Å². The van der Waals surface area contributed by atoms with E-state index in [-0.39, 0.29) is 23.7 Å². The number of hydrogen-bond donors (Lipinski definition) is 3. The minimum Gasteiger partial charge on any atom is -0.481 e. The van der Waals surface area contributed by atoms with Gasteiger partial charge in [0.2, 0.25) is 5.91 Å². The van der Waals surface area contributed by atoms with Gasteiger partial charge in [-0.15, -0.1) is 0 Å². The Labute approximate surface area is 126 Å². The molecule has 0 bridgehead atoms. The van der Waals surface area contributed by atoms with E-state index in [0.29, 0.717) is 26.1 Å². The molecule has 0 aromatic heterocycles. The summed E-state index contributed by atoms with van der Waals surface area (Å²) in [6.45, 7) is 8.76. The van der Waals surface area contributed by atoms with Gasteiger partial charge in [0.1, 0.15) is 6.10 Å². The molecule has 1 saturated heterocycles. The fraction of sp³-hybridized carbons (Fsp3) is 0.867. The van der Waals surface area contributed by atoms with Gasteiger partial charge in [0.15, 0.2) is 0 Å². The zero-order valence-electron chi connectivity index (χ0n) is 13.3. The van der Waals surface area contributed by atoms with Crippen molar-refractivity contribution in [3.8, 4) is 0 Å². The molecular formula is C15H28N2O4. The van der Waals surface area contributed by atoms with Crippen molar-refractivity contribution in [1.82, 2.24) is 10.6 Å². The molecule has 0 radical (unpaired) electrons. The summed E-state index contributed by atoms with van der Waals surface area (Å²) in [6, 6.07) is 0. The van der Waals surface area contributed by atoms with Gasteiger partial charge in [0, 0.05) is 26.1 Å². The molecule has 1 amide bonds. The molecule has 2 atom stereocenters. The second-order valence-electron chi connectivity index (χ2n) is 6.64. The van der Waals surface area contributed by atoms with Crippen LogP contribution in [-0.4, -0.2) is 49.3 Å². The number of hydrogen-bond acceptors (Lipinski definition) is 4. The molecule has 3 N–H and O–H groups in total. The maximum absolute atomic E-state index is 11.9. The first-order valence-electron chi connectivity index (χ1n) is 7.62. The minimum atomic E-state index is -0.769. The molecule has 0 aromatic carbocycles. The number of amides is 1. The Balaban J connectivity index is 2.34. The third kappa shape index (κ3) is 6.91.